The Balaban J connectivity index is 1.99. The maximum absolute atomic E-state index is 12.4. The van der Waals surface area contributed by atoms with Gasteiger partial charge in [0.15, 0.2) is 5.96 Å². The van der Waals surface area contributed by atoms with Crippen molar-refractivity contribution < 1.29 is 4.79 Å². The summed E-state index contributed by atoms with van der Waals surface area (Å²) in [7, 11) is 0. The van der Waals surface area contributed by atoms with Gasteiger partial charge in [0, 0.05) is 40.9 Å². The first-order chi connectivity index (χ1) is 12.1. The molecule has 3 aromatic heterocycles. The summed E-state index contributed by atoms with van der Waals surface area (Å²) in [4.78, 5) is 21.0. The number of pyridine rings is 2. The van der Waals surface area contributed by atoms with E-state index in [2.05, 4.69) is 15.3 Å². The lowest BCUT2D eigenvalue weighted by molar-refractivity contribution is 0.0978. The van der Waals surface area contributed by atoms with Gasteiger partial charge in [0.2, 0.25) is 0 Å². The second-order valence-electron chi connectivity index (χ2n) is 5.53. The zero-order valence-corrected chi connectivity index (χ0v) is 13.1. The van der Waals surface area contributed by atoms with Crippen molar-refractivity contribution in [2.75, 3.05) is 0 Å². The predicted octanol–water partition coefficient (Wildman–Crippen LogP) is 2.20. The van der Waals surface area contributed by atoms with Crippen molar-refractivity contribution in [1.82, 2.24) is 19.9 Å². The third-order valence-electron chi connectivity index (χ3n) is 3.97. The highest BCUT2D eigenvalue weighted by Gasteiger charge is 2.18. The molecule has 7 nitrogen and oxygen atoms in total. The maximum Gasteiger partial charge on any atom is 0.260 e. The fraction of sp³-hybridized carbons (Fsp3) is 0. The summed E-state index contributed by atoms with van der Waals surface area (Å²) in [6.07, 6.45) is 6.92. The van der Waals surface area contributed by atoms with Gasteiger partial charge in [0.25, 0.3) is 5.91 Å². The van der Waals surface area contributed by atoms with E-state index >= 15 is 0 Å². The number of hydrogen-bond donors (Lipinski definition) is 3. The quantitative estimate of drug-likeness (QED) is 0.386. The minimum atomic E-state index is -0.439. The summed E-state index contributed by atoms with van der Waals surface area (Å²) >= 11 is 0. The van der Waals surface area contributed by atoms with Crippen LogP contribution >= 0.6 is 0 Å². The van der Waals surface area contributed by atoms with Crippen molar-refractivity contribution in [2.24, 2.45) is 5.73 Å². The molecular formula is C18H14N6O. The normalized spacial score (nSPS) is 10.9. The monoisotopic (exact) mass is 330 g/mol. The summed E-state index contributed by atoms with van der Waals surface area (Å²) in [5.74, 6) is -0.836. The van der Waals surface area contributed by atoms with Crippen molar-refractivity contribution >= 4 is 33.7 Å². The van der Waals surface area contributed by atoms with E-state index in [1.807, 2.05) is 34.9 Å². The fourth-order valence-corrected chi connectivity index (χ4v) is 2.93. The van der Waals surface area contributed by atoms with Crippen molar-refractivity contribution in [2.45, 2.75) is 0 Å². The number of benzene rings is 1. The summed E-state index contributed by atoms with van der Waals surface area (Å²) in [6, 6.07) is 11.4. The van der Waals surface area contributed by atoms with Gasteiger partial charge in [0.1, 0.15) is 5.65 Å². The molecule has 4 aromatic rings. The van der Waals surface area contributed by atoms with Gasteiger partial charge in [-0.2, -0.15) is 0 Å². The highest BCUT2D eigenvalue weighted by Crippen LogP contribution is 2.27. The van der Waals surface area contributed by atoms with Gasteiger partial charge in [-0.3, -0.25) is 25.1 Å². The van der Waals surface area contributed by atoms with Gasteiger partial charge in [-0.15, -0.1) is 0 Å². The van der Waals surface area contributed by atoms with Crippen LogP contribution in [0.1, 0.15) is 10.4 Å². The predicted molar refractivity (Wildman–Crippen MR) is 95.8 cm³/mol. The molecular weight excluding hydrogens is 316 g/mol. The minimum absolute atomic E-state index is 0.397. The minimum Gasteiger partial charge on any atom is -0.370 e. The van der Waals surface area contributed by atoms with Crippen LogP contribution in [0.2, 0.25) is 0 Å². The zero-order valence-electron chi connectivity index (χ0n) is 13.1. The van der Waals surface area contributed by atoms with E-state index in [0.29, 0.717) is 16.6 Å². The van der Waals surface area contributed by atoms with Crippen LogP contribution in [0.3, 0.4) is 0 Å². The van der Waals surface area contributed by atoms with Crippen molar-refractivity contribution in [3.63, 3.8) is 0 Å². The van der Waals surface area contributed by atoms with Crippen molar-refractivity contribution in [3.8, 4) is 5.69 Å². The van der Waals surface area contributed by atoms with E-state index in [1.54, 1.807) is 30.9 Å². The highest BCUT2D eigenvalue weighted by molar-refractivity contribution is 6.12. The second-order valence-corrected chi connectivity index (χ2v) is 5.53. The summed E-state index contributed by atoms with van der Waals surface area (Å²) < 4.78 is 1.87. The Kier molecular flexibility index (Phi) is 3.39. The van der Waals surface area contributed by atoms with Crippen LogP contribution in [-0.4, -0.2) is 26.4 Å². The smallest absolute Gasteiger partial charge is 0.260 e. The number of guanidine groups is 1. The zero-order chi connectivity index (χ0) is 17.4. The topological polar surface area (TPSA) is 110 Å². The number of hydrogen-bond acceptors (Lipinski definition) is 4. The number of carbonyl (C=O) groups is 1. The summed E-state index contributed by atoms with van der Waals surface area (Å²) in [6.45, 7) is 0. The first kappa shape index (κ1) is 14.8. The van der Waals surface area contributed by atoms with Crippen LogP contribution in [-0.2, 0) is 0 Å². The molecule has 4 rings (SSSR count). The highest BCUT2D eigenvalue weighted by atomic mass is 16.1. The molecule has 4 N–H and O–H groups in total. The number of fused-ring (bicyclic) bond motifs is 2. The molecule has 0 bridgehead atoms. The molecule has 0 aliphatic heterocycles. The first-order valence-electron chi connectivity index (χ1n) is 7.60. The van der Waals surface area contributed by atoms with E-state index in [9.17, 15) is 4.79 Å². The van der Waals surface area contributed by atoms with Gasteiger partial charge in [-0.05, 0) is 24.3 Å². The third kappa shape index (κ3) is 2.47. The van der Waals surface area contributed by atoms with Gasteiger partial charge >= 0.3 is 0 Å². The van der Waals surface area contributed by atoms with Gasteiger partial charge in [0.05, 0.1) is 11.3 Å². The molecule has 122 valence electrons. The largest absolute Gasteiger partial charge is 0.370 e. The number of amides is 1. The van der Waals surface area contributed by atoms with Gasteiger partial charge < -0.3 is 5.73 Å². The lowest BCUT2D eigenvalue weighted by atomic mass is 10.1. The Hall–Kier alpha value is -3.74. The van der Waals surface area contributed by atoms with E-state index < -0.39 is 11.9 Å². The van der Waals surface area contributed by atoms with Crippen molar-refractivity contribution in [3.05, 3.63) is 66.7 Å². The molecule has 3 heterocycles. The molecule has 1 amide bonds. The van der Waals surface area contributed by atoms with E-state index in [4.69, 9.17) is 11.1 Å². The molecule has 0 aliphatic carbocycles. The lowest BCUT2D eigenvalue weighted by Crippen LogP contribution is -2.35. The number of nitrogens with two attached hydrogens (primary N) is 1. The number of aromatic nitrogens is 3. The molecule has 25 heavy (non-hydrogen) atoms. The fourth-order valence-electron chi connectivity index (χ4n) is 2.93. The maximum atomic E-state index is 12.4. The molecule has 0 fully saturated rings. The Morgan fingerprint density at radius 1 is 1.12 bits per heavy atom. The van der Waals surface area contributed by atoms with Crippen LogP contribution in [0.5, 0.6) is 0 Å². The molecule has 0 spiro atoms. The number of carbonyl (C=O) groups excluding carboxylic acids is 1. The Labute approximate surface area is 142 Å². The molecule has 0 aliphatic rings. The summed E-state index contributed by atoms with van der Waals surface area (Å²) in [5, 5.41) is 12.3. The van der Waals surface area contributed by atoms with Crippen LogP contribution < -0.4 is 11.1 Å². The Morgan fingerprint density at radius 3 is 2.84 bits per heavy atom. The average Bonchev–Trinajstić information content (AvgIpc) is 3.00. The standard InChI is InChI=1S/C18H14N6O/c19-18(20)23-17(25)14-10-24(16-13(14)4-2-7-22-16)15-5-1-3-11-9-21-8-6-12(11)15/h1-10H,(H4,19,20,23,25). The third-order valence-corrected chi connectivity index (χ3v) is 3.97. The van der Waals surface area contributed by atoms with Crippen molar-refractivity contribution in [1.29, 1.82) is 5.41 Å². The van der Waals surface area contributed by atoms with Gasteiger partial charge in [-0.1, -0.05) is 12.1 Å². The molecule has 0 radical (unpaired) electrons. The molecule has 0 saturated heterocycles. The molecule has 7 heteroatoms. The Morgan fingerprint density at radius 2 is 2.00 bits per heavy atom. The molecule has 1 aromatic carbocycles. The number of rotatable bonds is 2. The summed E-state index contributed by atoms with van der Waals surface area (Å²) in [5.41, 5.74) is 7.24. The van der Waals surface area contributed by atoms with E-state index in [0.717, 1.165) is 16.5 Å². The van der Waals surface area contributed by atoms with Crippen LogP contribution in [0.15, 0.2) is 61.2 Å². The molecule has 0 saturated carbocycles. The molecule has 0 unspecified atom stereocenters. The van der Waals surface area contributed by atoms with Gasteiger partial charge in [-0.25, -0.2) is 4.98 Å². The lowest BCUT2D eigenvalue weighted by Gasteiger charge is -2.08. The average molecular weight is 330 g/mol. The second kappa shape index (κ2) is 5.72. The van der Waals surface area contributed by atoms with Crippen LogP contribution in [0.25, 0.3) is 27.5 Å². The van der Waals surface area contributed by atoms with Crippen LogP contribution in [0, 0.1) is 5.41 Å². The first-order valence-corrected chi connectivity index (χ1v) is 7.60. The van der Waals surface area contributed by atoms with E-state index in [1.165, 1.54) is 0 Å². The van der Waals surface area contributed by atoms with E-state index in [-0.39, 0.29) is 0 Å². The number of nitrogens with zero attached hydrogens (tertiary/aromatic N) is 3. The SMILES string of the molecule is N=C(N)NC(=O)c1cn(-c2cccc3cnccc23)c2ncccc12. The Bertz CT molecular complexity index is 1130. The molecule has 0 atom stereocenters. The number of nitrogens with one attached hydrogen (secondary N) is 2. The van der Waals surface area contributed by atoms with Crippen LogP contribution in [0.4, 0.5) is 0 Å².